The normalized spacial score (nSPS) is 26.3. The average Bonchev–Trinajstić information content (AvgIpc) is 2.97. The van der Waals surface area contributed by atoms with E-state index in [9.17, 15) is 13.2 Å². The molecule has 2 atom stereocenters. The number of amides is 1. The number of ether oxygens (including phenoxy) is 1. The Labute approximate surface area is 133 Å². The lowest BCUT2D eigenvalue weighted by Gasteiger charge is -2.36. The van der Waals surface area contributed by atoms with Gasteiger partial charge in [0.05, 0.1) is 12.4 Å². The maximum atomic E-state index is 12.5. The summed E-state index contributed by atoms with van der Waals surface area (Å²) in [7, 11) is -3.15. The summed E-state index contributed by atoms with van der Waals surface area (Å²) in [4.78, 5) is 14.4. The number of hydrogen-bond donors (Lipinski definition) is 1. The molecule has 0 spiro atoms. The van der Waals surface area contributed by atoms with Crippen molar-refractivity contribution in [2.24, 2.45) is 0 Å². The molecule has 128 valence electrons. The van der Waals surface area contributed by atoms with E-state index in [0.29, 0.717) is 19.4 Å². The van der Waals surface area contributed by atoms with E-state index < -0.39 is 10.0 Å². The molecule has 2 fully saturated rings. The van der Waals surface area contributed by atoms with Crippen LogP contribution in [-0.2, 0) is 19.6 Å². The van der Waals surface area contributed by atoms with Gasteiger partial charge >= 0.3 is 0 Å². The molecule has 6 nitrogen and oxygen atoms in total. The molecule has 2 aliphatic heterocycles. The van der Waals surface area contributed by atoms with Crippen molar-refractivity contribution in [3.05, 3.63) is 0 Å². The van der Waals surface area contributed by atoms with E-state index in [-0.39, 0.29) is 18.1 Å². The van der Waals surface area contributed by atoms with Crippen LogP contribution in [0.3, 0.4) is 0 Å². The van der Waals surface area contributed by atoms with Crippen LogP contribution in [0.2, 0.25) is 0 Å². The Hall–Kier alpha value is -0.660. The summed E-state index contributed by atoms with van der Waals surface area (Å²) in [5, 5.41) is 0. The quantitative estimate of drug-likeness (QED) is 0.762. The zero-order valence-electron chi connectivity index (χ0n) is 13.4. The number of carbonyl (C=O) groups is 1. The Morgan fingerprint density at radius 1 is 1.23 bits per heavy atom. The van der Waals surface area contributed by atoms with Crippen molar-refractivity contribution >= 4 is 15.9 Å². The van der Waals surface area contributed by atoms with Crippen LogP contribution >= 0.6 is 0 Å². The van der Waals surface area contributed by atoms with Crippen LogP contribution in [0.15, 0.2) is 0 Å². The van der Waals surface area contributed by atoms with E-state index in [2.05, 4.69) is 4.72 Å². The molecule has 0 aromatic rings. The molecular weight excluding hydrogens is 304 g/mol. The van der Waals surface area contributed by atoms with E-state index >= 15 is 0 Å². The van der Waals surface area contributed by atoms with Crippen LogP contribution in [0, 0.1) is 0 Å². The number of rotatable bonds is 7. The topological polar surface area (TPSA) is 75.7 Å². The summed E-state index contributed by atoms with van der Waals surface area (Å²) >= 11 is 0. The molecule has 0 aromatic heterocycles. The van der Waals surface area contributed by atoms with Gasteiger partial charge in [-0.15, -0.1) is 0 Å². The Balaban J connectivity index is 1.78. The molecule has 2 aliphatic rings. The molecule has 1 amide bonds. The molecule has 2 rings (SSSR count). The molecule has 0 bridgehead atoms. The maximum Gasteiger partial charge on any atom is 0.222 e. The first-order valence-corrected chi connectivity index (χ1v) is 10.2. The van der Waals surface area contributed by atoms with Crippen molar-refractivity contribution in [1.29, 1.82) is 0 Å². The summed E-state index contributed by atoms with van der Waals surface area (Å²) in [6.07, 6.45) is 8.75. The first-order chi connectivity index (χ1) is 10.5. The number of sulfonamides is 1. The third kappa shape index (κ3) is 5.85. The summed E-state index contributed by atoms with van der Waals surface area (Å²) in [6.45, 7) is 2.02. The highest BCUT2D eigenvalue weighted by Gasteiger charge is 2.27. The van der Waals surface area contributed by atoms with Crippen molar-refractivity contribution in [1.82, 2.24) is 9.62 Å². The highest BCUT2D eigenvalue weighted by Crippen LogP contribution is 2.22. The van der Waals surface area contributed by atoms with Crippen LogP contribution < -0.4 is 4.72 Å². The highest BCUT2D eigenvalue weighted by molar-refractivity contribution is 7.88. The Kier molecular flexibility index (Phi) is 6.65. The van der Waals surface area contributed by atoms with Crippen molar-refractivity contribution < 1.29 is 17.9 Å². The average molecular weight is 332 g/mol. The van der Waals surface area contributed by atoms with Gasteiger partial charge in [0.1, 0.15) is 0 Å². The molecule has 0 saturated carbocycles. The van der Waals surface area contributed by atoms with Crippen LogP contribution in [0.1, 0.15) is 51.4 Å². The van der Waals surface area contributed by atoms with Gasteiger partial charge in [-0.25, -0.2) is 13.1 Å². The van der Waals surface area contributed by atoms with Crippen molar-refractivity contribution in [2.75, 3.05) is 26.0 Å². The molecule has 1 N–H and O–H groups in total. The Morgan fingerprint density at radius 2 is 2.05 bits per heavy atom. The third-order valence-corrected chi connectivity index (χ3v) is 5.22. The van der Waals surface area contributed by atoms with E-state index in [1.54, 1.807) is 0 Å². The largest absolute Gasteiger partial charge is 0.378 e. The Bertz CT molecular complexity index is 460. The predicted molar refractivity (Wildman–Crippen MR) is 85.0 cm³/mol. The minimum absolute atomic E-state index is 0.167. The van der Waals surface area contributed by atoms with Crippen LogP contribution in [0.5, 0.6) is 0 Å². The maximum absolute atomic E-state index is 12.5. The number of carbonyl (C=O) groups excluding carboxylic acids is 1. The summed E-state index contributed by atoms with van der Waals surface area (Å²) in [5.41, 5.74) is 0. The first-order valence-electron chi connectivity index (χ1n) is 8.31. The molecule has 7 heteroatoms. The van der Waals surface area contributed by atoms with Gasteiger partial charge in [-0.05, 0) is 44.9 Å². The van der Waals surface area contributed by atoms with E-state index in [0.717, 1.165) is 51.7 Å². The third-order valence-electron chi connectivity index (χ3n) is 4.49. The number of nitrogens with one attached hydrogen (secondary N) is 1. The van der Waals surface area contributed by atoms with E-state index in [4.69, 9.17) is 4.74 Å². The lowest BCUT2D eigenvalue weighted by atomic mass is 9.98. The summed E-state index contributed by atoms with van der Waals surface area (Å²) < 4.78 is 30.4. The van der Waals surface area contributed by atoms with Gasteiger partial charge in [0, 0.05) is 32.2 Å². The second-order valence-electron chi connectivity index (χ2n) is 6.37. The SMILES string of the molecule is CS(=O)(=O)NCCC1CCCCN1C(=O)CCC1CCCO1. The molecular formula is C15H28N2O4S. The Morgan fingerprint density at radius 3 is 2.73 bits per heavy atom. The molecule has 0 radical (unpaired) electrons. The fraction of sp³-hybridized carbons (Fsp3) is 0.933. The van der Waals surface area contributed by atoms with Crippen molar-refractivity contribution in [3.8, 4) is 0 Å². The van der Waals surface area contributed by atoms with E-state index in [1.165, 1.54) is 6.26 Å². The predicted octanol–water partition coefficient (Wildman–Crippen LogP) is 1.27. The number of nitrogens with zero attached hydrogens (tertiary/aromatic N) is 1. The number of hydrogen-bond acceptors (Lipinski definition) is 4. The van der Waals surface area contributed by atoms with Crippen LogP contribution in [0.25, 0.3) is 0 Å². The zero-order chi connectivity index (χ0) is 16.0. The molecule has 22 heavy (non-hydrogen) atoms. The van der Waals surface area contributed by atoms with Gasteiger partial charge in [-0.2, -0.15) is 0 Å². The standard InChI is InChI=1S/C15H28N2O4S/c1-22(19,20)16-10-9-13-5-2-3-11-17(13)15(18)8-7-14-6-4-12-21-14/h13-14,16H,2-12H2,1H3. The lowest BCUT2D eigenvalue weighted by Crippen LogP contribution is -2.45. The monoisotopic (exact) mass is 332 g/mol. The van der Waals surface area contributed by atoms with Gasteiger partial charge in [0.15, 0.2) is 0 Å². The number of likely N-dealkylation sites (tertiary alicyclic amines) is 1. The molecule has 2 heterocycles. The van der Waals surface area contributed by atoms with Gasteiger partial charge < -0.3 is 9.64 Å². The van der Waals surface area contributed by atoms with E-state index in [1.807, 2.05) is 4.90 Å². The minimum Gasteiger partial charge on any atom is -0.378 e. The molecule has 2 saturated heterocycles. The smallest absolute Gasteiger partial charge is 0.222 e. The fourth-order valence-corrected chi connectivity index (χ4v) is 3.83. The van der Waals surface area contributed by atoms with Gasteiger partial charge in [0.25, 0.3) is 0 Å². The second kappa shape index (κ2) is 8.26. The molecule has 0 aliphatic carbocycles. The van der Waals surface area contributed by atoms with Crippen molar-refractivity contribution in [3.63, 3.8) is 0 Å². The van der Waals surface area contributed by atoms with Crippen LogP contribution in [0.4, 0.5) is 0 Å². The van der Waals surface area contributed by atoms with Crippen molar-refractivity contribution in [2.45, 2.75) is 63.5 Å². The first kappa shape index (κ1) is 17.7. The number of piperidine rings is 1. The lowest BCUT2D eigenvalue weighted by molar-refractivity contribution is -0.135. The molecule has 0 aromatic carbocycles. The molecule has 2 unspecified atom stereocenters. The van der Waals surface area contributed by atoms with Gasteiger partial charge in [-0.3, -0.25) is 4.79 Å². The summed E-state index contributed by atoms with van der Waals surface area (Å²) in [6, 6.07) is 0.167. The van der Waals surface area contributed by atoms with Gasteiger partial charge in [0.2, 0.25) is 15.9 Å². The minimum atomic E-state index is -3.15. The zero-order valence-corrected chi connectivity index (χ0v) is 14.2. The second-order valence-corrected chi connectivity index (χ2v) is 8.20. The van der Waals surface area contributed by atoms with Gasteiger partial charge in [-0.1, -0.05) is 0 Å². The fourth-order valence-electron chi connectivity index (χ4n) is 3.34. The summed E-state index contributed by atoms with van der Waals surface area (Å²) in [5.74, 6) is 0.194. The van der Waals surface area contributed by atoms with Crippen LogP contribution in [-0.4, -0.2) is 57.3 Å². The highest BCUT2D eigenvalue weighted by atomic mass is 32.2.